The van der Waals surface area contributed by atoms with Crippen molar-refractivity contribution in [2.24, 2.45) is 10.9 Å². The fraction of sp³-hybridized carbons (Fsp3) is 0.360. The van der Waals surface area contributed by atoms with Crippen LogP contribution in [0.3, 0.4) is 0 Å². The molecule has 1 aliphatic rings. The molecule has 1 atom stereocenters. The van der Waals surface area contributed by atoms with Crippen LogP contribution in [-0.2, 0) is 14.4 Å². The summed E-state index contributed by atoms with van der Waals surface area (Å²) in [6, 6.07) is 13.6. The van der Waals surface area contributed by atoms with Crippen molar-refractivity contribution >= 4 is 23.4 Å². The molecule has 2 aromatic carbocycles. The van der Waals surface area contributed by atoms with Gasteiger partial charge in [0, 0.05) is 37.4 Å². The zero-order valence-electron chi connectivity index (χ0n) is 19.3. The first kappa shape index (κ1) is 24.0. The Morgan fingerprint density at radius 2 is 1.91 bits per heavy atom. The van der Waals surface area contributed by atoms with Crippen molar-refractivity contribution in [3.05, 3.63) is 59.2 Å². The summed E-state index contributed by atoms with van der Waals surface area (Å²) < 4.78 is 0. The van der Waals surface area contributed by atoms with Crippen molar-refractivity contribution in [3.63, 3.8) is 0 Å². The highest BCUT2D eigenvalue weighted by Gasteiger charge is 2.35. The lowest BCUT2D eigenvalue weighted by atomic mass is 9.96. The van der Waals surface area contributed by atoms with E-state index in [9.17, 15) is 14.4 Å². The lowest BCUT2D eigenvalue weighted by Crippen LogP contribution is -2.40. The minimum Gasteiger partial charge on any atom is -0.399 e. The van der Waals surface area contributed by atoms with E-state index in [1.807, 2.05) is 37.3 Å². The third kappa shape index (κ3) is 5.97. The molecule has 0 aliphatic carbocycles. The van der Waals surface area contributed by atoms with Crippen LogP contribution in [0, 0.1) is 13.8 Å². The predicted octanol–water partition coefficient (Wildman–Crippen LogP) is 2.57. The summed E-state index contributed by atoms with van der Waals surface area (Å²) in [5, 5.41) is 6.69. The van der Waals surface area contributed by atoms with Gasteiger partial charge in [0.2, 0.25) is 11.8 Å². The van der Waals surface area contributed by atoms with Crippen molar-refractivity contribution < 1.29 is 19.2 Å². The number of carbonyl (C=O) groups excluding carboxylic acids is 3. The van der Waals surface area contributed by atoms with Gasteiger partial charge in [-0.15, -0.1) is 0 Å². The Morgan fingerprint density at radius 1 is 1.15 bits per heavy atom. The first-order valence-electron chi connectivity index (χ1n) is 10.9. The quantitative estimate of drug-likeness (QED) is 0.602. The molecule has 1 heterocycles. The van der Waals surface area contributed by atoms with E-state index in [-0.39, 0.29) is 37.2 Å². The highest BCUT2D eigenvalue weighted by Crippen LogP contribution is 2.28. The van der Waals surface area contributed by atoms with Gasteiger partial charge in [0.05, 0.1) is 12.3 Å². The lowest BCUT2D eigenvalue weighted by Gasteiger charge is -2.24. The van der Waals surface area contributed by atoms with Gasteiger partial charge in [-0.3, -0.25) is 14.4 Å². The smallest absolute Gasteiger partial charge is 0.254 e. The van der Waals surface area contributed by atoms with Gasteiger partial charge in [-0.05, 0) is 42.2 Å². The van der Waals surface area contributed by atoms with Gasteiger partial charge < -0.3 is 20.8 Å². The molecule has 3 rings (SSSR count). The van der Waals surface area contributed by atoms with Crippen LogP contribution in [0.15, 0.2) is 47.6 Å². The van der Waals surface area contributed by atoms with Gasteiger partial charge in [0.25, 0.3) is 5.91 Å². The summed E-state index contributed by atoms with van der Waals surface area (Å²) in [5.74, 6) is -0.878. The molecule has 8 heteroatoms. The molecular formula is C25H30N4O4. The number of benzene rings is 2. The molecule has 1 fully saturated rings. The minimum absolute atomic E-state index is 0.0713. The monoisotopic (exact) mass is 450 g/mol. The highest BCUT2D eigenvalue weighted by atomic mass is 16.6. The number of hydrogen-bond acceptors (Lipinski definition) is 5. The average molecular weight is 451 g/mol. The maximum atomic E-state index is 13.5. The van der Waals surface area contributed by atoms with E-state index in [0.29, 0.717) is 24.2 Å². The van der Waals surface area contributed by atoms with Crippen molar-refractivity contribution in [1.29, 1.82) is 0 Å². The average Bonchev–Trinajstić information content (AvgIpc) is 3.15. The topological polar surface area (TPSA) is 114 Å². The summed E-state index contributed by atoms with van der Waals surface area (Å²) in [6.07, 6.45) is 0.624. The normalized spacial score (nSPS) is 16.6. The van der Waals surface area contributed by atoms with Gasteiger partial charge in [-0.25, -0.2) is 0 Å². The van der Waals surface area contributed by atoms with Crippen molar-refractivity contribution in [3.8, 4) is 11.1 Å². The number of likely N-dealkylation sites (tertiary alicyclic amines) is 1. The molecule has 1 saturated heterocycles. The molecule has 2 aromatic rings. The van der Waals surface area contributed by atoms with E-state index in [4.69, 9.17) is 10.6 Å². The maximum Gasteiger partial charge on any atom is 0.254 e. The number of primary amides is 1. The van der Waals surface area contributed by atoms with Gasteiger partial charge >= 0.3 is 0 Å². The fourth-order valence-corrected chi connectivity index (χ4v) is 4.12. The Bertz CT molecular complexity index is 1080. The lowest BCUT2D eigenvalue weighted by molar-refractivity contribution is -0.122. The van der Waals surface area contributed by atoms with E-state index in [1.54, 1.807) is 4.90 Å². The van der Waals surface area contributed by atoms with E-state index in [0.717, 1.165) is 16.7 Å². The predicted molar refractivity (Wildman–Crippen MR) is 127 cm³/mol. The number of carbonyl (C=O) groups is 3. The Labute approximate surface area is 193 Å². The summed E-state index contributed by atoms with van der Waals surface area (Å²) in [7, 11) is 1.46. The number of oxime groups is 1. The zero-order valence-corrected chi connectivity index (χ0v) is 19.3. The molecule has 0 saturated carbocycles. The van der Waals surface area contributed by atoms with Crippen LogP contribution in [0.4, 0.5) is 0 Å². The number of rotatable bonds is 8. The number of hydrogen-bond donors (Lipinski definition) is 2. The molecule has 174 valence electrons. The van der Waals surface area contributed by atoms with E-state index < -0.39 is 5.91 Å². The molecule has 1 aliphatic heterocycles. The summed E-state index contributed by atoms with van der Waals surface area (Å²) in [4.78, 5) is 43.3. The molecule has 33 heavy (non-hydrogen) atoms. The van der Waals surface area contributed by atoms with Crippen LogP contribution in [0.2, 0.25) is 0 Å². The molecule has 0 spiro atoms. The van der Waals surface area contributed by atoms with Crippen LogP contribution in [-0.4, -0.2) is 54.6 Å². The number of nitrogens with zero attached hydrogens (tertiary/aromatic N) is 2. The summed E-state index contributed by atoms with van der Waals surface area (Å²) in [5.41, 5.74) is 10.6. The third-order valence-corrected chi connectivity index (χ3v) is 5.77. The van der Waals surface area contributed by atoms with Gasteiger partial charge in [0.15, 0.2) is 0 Å². The number of aryl methyl sites for hydroxylation is 2. The minimum atomic E-state index is -0.480. The highest BCUT2D eigenvalue weighted by molar-refractivity contribution is 6.02. The van der Waals surface area contributed by atoms with E-state index >= 15 is 0 Å². The van der Waals surface area contributed by atoms with Crippen LogP contribution in [0.5, 0.6) is 0 Å². The van der Waals surface area contributed by atoms with Crippen molar-refractivity contribution in [2.45, 2.75) is 39.2 Å². The summed E-state index contributed by atoms with van der Waals surface area (Å²) >= 11 is 0. The Kier molecular flexibility index (Phi) is 7.82. The zero-order chi connectivity index (χ0) is 24.0. The molecule has 0 radical (unpaired) electrons. The molecule has 0 unspecified atom stereocenters. The summed E-state index contributed by atoms with van der Waals surface area (Å²) in [6.45, 7) is 4.45. The standard InChI is InChI=1S/C25H30N4O4/c1-16-6-4-5-7-21(16)18-8-9-22(17(2)12-18)25(32)29-15-19(28-33-3)13-20(29)14-24(31)27-11-10-23(26)30/h4-9,12,20H,10-11,13-15H2,1-3H3,(H2,26,30)(H,27,31)/t20-/m0/s1. The molecule has 3 amide bonds. The Balaban J connectivity index is 1.79. The molecular weight excluding hydrogens is 420 g/mol. The van der Waals surface area contributed by atoms with Crippen molar-refractivity contribution in [1.82, 2.24) is 10.2 Å². The molecule has 0 bridgehead atoms. The van der Waals surface area contributed by atoms with E-state index in [1.165, 1.54) is 12.7 Å². The van der Waals surface area contributed by atoms with Crippen LogP contribution >= 0.6 is 0 Å². The van der Waals surface area contributed by atoms with Crippen molar-refractivity contribution in [2.75, 3.05) is 20.2 Å². The second kappa shape index (κ2) is 10.8. The van der Waals surface area contributed by atoms with Gasteiger partial charge in [-0.2, -0.15) is 0 Å². The fourth-order valence-electron chi connectivity index (χ4n) is 4.12. The largest absolute Gasteiger partial charge is 0.399 e. The van der Waals surface area contributed by atoms with Crippen LogP contribution < -0.4 is 11.1 Å². The van der Waals surface area contributed by atoms with Gasteiger partial charge in [0.1, 0.15) is 7.11 Å². The van der Waals surface area contributed by atoms with Crippen LogP contribution in [0.25, 0.3) is 11.1 Å². The molecule has 0 aromatic heterocycles. The van der Waals surface area contributed by atoms with Crippen LogP contribution in [0.1, 0.15) is 40.7 Å². The first-order valence-corrected chi connectivity index (χ1v) is 10.9. The Morgan fingerprint density at radius 3 is 2.58 bits per heavy atom. The number of nitrogens with one attached hydrogen (secondary N) is 1. The second-order valence-corrected chi connectivity index (χ2v) is 8.25. The Hall–Kier alpha value is -3.68. The SMILES string of the molecule is CON=C1C[C@@H](CC(=O)NCCC(N)=O)N(C(=O)c2ccc(-c3ccccc3C)cc2C)C1. The van der Waals surface area contributed by atoms with Gasteiger partial charge in [-0.1, -0.05) is 41.6 Å². The van der Waals surface area contributed by atoms with E-state index in [2.05, 4.69) is 29.5 Å². The second-order valence-electron chi connectivity index (χ2n) is 8.25. The number of nitrogens with two attached hydrogens (primary N) is 1. The maximum absolute atomic E-state index is 13.5. The molecule has 3 N–H and O–H groups in total. The number of amides is 3. The third-order valence-electron chi connectivity index (χ3n) is 5.77. The first-order chi connectivity index (χ1) is 15.8. The molecule has 8 nitrogen and oxygen atoms in total.